The second kappa shape index (κ2) is 6.58. The molecule has 2 fully saturated rings. The monoisotopic (exact) mass is 390 g/mol. The van der Waals surface area contributed by atoms with Crippen LogP contribution < -0.4 is 10.4 Å². The minimum absolute atomic E-state index is 0.246. The van der Waals surface area contributed by atoms with E-state index in [1.807, 2.05) is 6.20 Å². The largest absolute Gasteiger partial charge is 0.496 e. The summed E-state index contributed by atoms with van der Waals surface area (Å²) in [5, 5.41) is 0.246. The fourth-order valence-electron chi connectivity index (χ4n) is 3.00. The van der Waals surface area contributed by atoms with Gasteiger partial charge in [0, 0.05) is 24.7 Å². The predicted octanol–water partition coefficient (Wildman–Crippen LogP) is 3.59. The third kappa shape index (κ3) is 3.97. The van der Waals surface area contributed by atoms with Gasteiger partial charge in [-0.3, -0.25) is 0 Å². The molecule has 0 unspecified atom stereocenters. The maximum atomic E-state index is 6.47. The molecular formula is C20H35BN2O3Si. The van der Waals surface area contributed by atoms with E-state index < -0.39 is 8.32 Å². The molecule has 1 aromatic heterocycles. The minimum Gasteiger partial charge on any atom is -0.410 e. The first-order valence-electron chi connectivity index (χ1n) is 9.96. The minimum atomic E-state index is -1.70. The third-order valence-electron chi connectivity index (χ3n) is 6.74. The molecule has 0 amide bonds. The maximum Gasteiger partial charge on any atom is 0.496 e. The van der Waals surface area contributed by atoms with Crippen LogP contribution in [0.5, 0.6) is 0 Å². The molecule has 0 saturated carbocycles. The zero-order valence-electron chi connectivity index (χ0n) is 18.4. The number of hydrogen-bond acceptors (Lipinski definition) is 5. The van der Waals surface area contributed by atoms with Gasteiger partial charge in [0.1, 0.15) is 5.82 Å². The van der Waals surface area contributed by atoms with Crippen LogP contribution in [0, 0.1) is 0 Å². The van der Waals surface area contributed by atoms with Gasteiger partial charge >= 0.3 is 7.12 Å². The Morgan fingerprint density at radius 3 is 2.11 bits per heavy atom. The number of anilines is 1. The Morgan fingerprint density at radius 2 is 1.67 bits per heavy atom. The Morgan fingerprint density at radius 1 is 1.11 bits per heavy atom. The topological polar surface area (TPSA) is 43.8 Å². The van der Waals surface area contributed by atoms with Gasteiger partial charge < -0.3 is 18.6 Å². The Bertz CT molecular complexity index is 663. The predicted molar refractivity (Wildman–Crippen MR) is 114 cm³/mol. The average Bonchev–Trinajstić information content (AvgIpc) is 2.70. The maximum absolute atomic E-state index is 6.47. The molecule has 2 aliphatic rings. The lowest BCUT2D eigenvalue weighted by molar-refractivity contribution is 0.00578. The molecule has 0 radical (unpaired) electrons. The zero-order chi connectivity index (χ0) is 20.3. The highest BCUT2D eigenvalue weighted by Crippen LogP contribution is 2.39. The van der Waals surface area contributed by atoms with Gasteiger partial charge in [-0.1, -0.05) is 26.8 Å². The van der Waals surface area contributed by atoms with E-state index in [1.165, 1.54) is 0 Å². The normalized spacial score (nSPS) is 22.9. The van der Waals surface area contributed by atoms with Crippen LogP contribution in [-0.4, -0.2) is 50.8 Å². The van der Waals surface area contributed by atoms with E-state index in [4.69, 9.17) is 13.7 Å². The standard InChI is InChI=1S/C20H35BN2O3Si/c1-18(2,3)27(8,9)24-16-13-23(14-16)17-11-10-15(12-22-17)21-25-19(4,5)20(6,7)26-21/h10-12,16H,13-14H2,1-9H3. The van der Waals surface area contributed by atoms with Crippen LogP contribution in [0.1, 0.15) is 48.5 Å². The first kappa shape index (κ1) is 20.8. The summed E-state index contributed by atoms with van der Waals surface area (Å²) in [4.78, 5) is 6.91. The summed E-state index contributed by atoms with van der Waals surface area (Å²) in [6.45, 7) is 21.6. The molecule has 0 spiro atoms. The molecule has 7 heteroatoms. The van der Waals surface area contributed by atoms with Crippen molar-refractivity contribution in [1.82, 2.24) is 4.98 Å². The molecule has 1 aromatic rings. The summed E-state index contributed by atoms with van der Waals surface area (Å²) in [7, 11) is -2.06. The first-order chi connectivity index (χ1) is 12.2. The fraction of sp³-hybridized carbons (Fsp3) is 0.750. The van der Waals surface area contributed by atoms with E-state index in [-0.39, 0.29) is 23.4 Å². The molecule has 0 atom stereocenters. The molecule has 2 aliphatic heterocycles. The van der Waals surface area contributed by atoms with E-state index in [0.29, 0.717) is 6.10 Å². The van der Waals surface area contributed by atoms with Gasteiger partial charge in [-0.2, -0.15) is 0 Å². The molecule has 3 heterocycles. The second-order valence-corrected chi connectivity index (χ2v) is 15.2. The van der Waals surface area contributed by atoms with Crippen LogP contribution in [0.15, 0.2) is 18.3 Å². The summed E-state index contributed by atoms with van der Waals surface area (Å²) in [6.07, 6.45) is 2.19. The number of hydrogen-bond donors (Lipinski definition) is 0. The van der Waals surface area contributed by atoms with Crippen LogP contribution >= 0.6 is 0 Å². The molecule has 0 aliphatic carbocycles. The molecule has 2 saturated heterocycles. The van der Waals surface area contributed by atoms with Crippen molar-refractivity contribution in [3.63, 3.8) is 0 Å². The van der Waals surface area contributed by atoms with Crippen LogP contribution in [-0.2, 0) is 13.7 Å². The van der Waals surface area contributed by atoms with Crippen molar-refractivity contribution in [2.45, 2.75) is 83.9 Å². The van der Waals surface area contributed by atoms with Crippen molar-refractivity contribution in [1.29, 1.82) is 0 Å². The van der Waals surface area contributed by atoms with E-state index in [0.717, 1.165) is 24.4 Å². The molecule has 0 aromatic carbocycles. The molecule has 0 N–H and O–H groups in total. The van der Waals surface area contributed by atoms with Crippen molar-refractivity contribution in [3.8, 4) is 0 Å². The highest BCUT2D eigenvalue weighted by Gasteiger charge is 2.52. The lowest BCUT2D eigenvalue weighted by atomic mass is 9.80. The Hall–Kier alpha value is -0.888. The van der Waals surface area contributed by atoms with Crippen molar-refractivity contribution in [3.05, 3.63) is 18.3 Å². The van der Waals surface area contributed by atoms with E-state index in [9.17, 15) is 0 Å². The summed E-state index contributed by atoms with van der Waals surface area (Å²) < 4.78 is 18.7. The second-order valence-electron chi connectivity index (χ2n) is 10.4. The first-order valence-corrected chi connectivity index (χ1v) is 12.9. The van der Waals surface area contributed by atoms with Gasteiger partial charge in [0.05, 0.1) is 17.3 Å². The summed E-state index contributed by atoms with van der Waals surface area (Å²) in [5.74, 6) is 0.991. The smallest absolute Gasteiger partial charge is 0.410 e. The zero-order valence-corrected chi connectivity index (χ0v) is 19.4. The molecule has 3 rings (SSSR count). The third-order valence-corrected chi connectivity index (χ3v) is 11.3. The van der Waals surface area contributed by atoms with E-state index >= 15 is 0 Å². The number of nitrogens with zero attached hydrogens (tertiary/aromatic N) is 2. The lowest BCUT2D eigenvalue weighted by Gasteiger charge is -2.46. The van der Waals surface area contributed by atoms with E-state index in [2.05, 4.69) is 83.6 Å². The van der Waals surface area contributed by atoms with Crippen LogP contribution in [0.4, 0.5) is 5.82 Å². The molecule has 0 bridgehead atoms. The summed E-state index contributed by atoms with van der Waals surface area (Å²) >= 11 is 0. The summed E-state index contributed by atoms with van der Waals surface area (Å²) in [6, 6.07) is 4.12. The highest BCUT2D eigenvalue weighted by atomic mass is 28.4. The van der Waals surface area contributed by atoms with Gasteiger partial charge in [-0.15, -0.1) is 0 Å². The van der Waals surface area contributed by atoms with Gasteiger partial charge in [0.25, 0.3) is 0 Å². The van der Waals surface area contributed by atoms with Crippen molar-refractivity contribution in [2.75, 3.05) is 18.0 Å². The Labute approximate surface area is 166 Å². The molecule has 150 valence electrons. The van der Waals surface area contributed by atoms with Gasteiger partial charge in [0.2, 0.25) is 0 Å². The average molecular weight is 390 g/mol. The number of aromatic nitrogens is 1. The van der Waals surface area contributed by atoms with Gasteiger partial charge in [-0.05, 0) is 51.9 Å². The van der Waals surface area contributed by atoms with Crippen LogP contribution in [0.2, 0.25) is 18.1 Å². The summed E-state index contributed by atoms with van der Waals surface area (Å²) in [5.41, 5.74) is 0.302. The van der Waals surface area contributed by atoms with Crippen LogP contribution in [0.3, 0.4) is 0 Å². The Kier molecular flexibility index (Phi) is 5.08. The van der Waals surface area contributed by atoms with E-state index in [1.54, 1.807) is 0 Å². The quantitative estimate of drug-likeness (QED) is 0.735. The lowest BCUT2D eigenvalue weighted by Crippen LogP contribution is -2.58. The van der Waals surface area contributed by atoms with Gasteiger partial charge in [0.15, 0.2) is 8.32 Å². The number of pyridine rings is 1. The van der Waals surface area contributed by atoms with Crippen molar-refractivity contribution in [2.24, 2.45) is 0 Å². The van der Waals surface area contributed by atoms with Gasteiger partial charge in [-0.25, -0.2) is 4.98 Å². The highest BCUT2D eigenvalue weighted by molar-refractivity contribution is 6.74. The molecular weight excluding hydrogens is 355 g/mol. The SMILES string of the molecule is CC1(C)OB(c2ccc(N3CC(O[Si](C)(C)C(C)(C)C)C3)nc2)OC1(C)C. The van der Waals surface area contributed by atoms with Crippen molar-refractivity contribution >= 4 is 26.7 Å². The van der Waals surface area contributed by atoms with Crippen molar-refractivity contribution < 1.29 is 13.7 Å². The molecule has 5 nitrogen and oxygen atoms in total. The molecule has 27 heavy (non-hydrogen) atoms. The fourth-order valence-corrected chi connectivity index (χ4v) is 4.33. The Balaban J connectivity index is 1.57. The number of rotatable bonds is 4. The van der Waals surface area contributed by atoms with Crippen LogP contribution in [0.25, 0.3) is 0 Å².